The Labute approximate surface area is 125 Å². The van der Waals surface area contributed by atoms with E-state index in [-0.39, 0.29) is 5.91 Å². The second-order valence-corrected chi connectivity index (χ2v) is 5.68. The van der Waals surface area contributed by atoms with Crippen LogP contribution in [-0.4, -0.2) is 10.9 Å². The van der Waals surface area contributed by atoms with Crippen LogP contribution in [0.3, 0.4) is 0 Å². The molecule has 1 aromatic heterocycles. The molecule has 0 fully saturated rings. The number of fused-ring (bicyclic) bond motifs is 1. The lowest BCUT2D eigenvalue weighted by molar-refractivity contribution is 0.0951. The average Bonchev–Trinajstić information content (AvgIpc) is 2.85. The van der Waals surface area contributed by atoms with Crippen LogP contribution in [0.25, 0.3) is 10.2 Å². The molecule has 0 saturated carbocycles. The minimum Gasteiger partial charge on any atom is -0.398 e. The van der Waals surface area contributed by atoms with E-state index in [1.165, 1.54) is 11.3 Å². The predicted molar refractivity (Wildman–Crippen MR) is 86.1 cm³/mol. The normalized spacial score (nSPS) is 10.7. The molecule has 0 bridgehead atoms. The number of aromatic nitrogens is 1. The summed E-state index contributed by atoms with van der Waals surface area (Å²) in [6.45, 7) is 0.397. The minimum absolute atomic E-state index is 0.146. The lowest BCUT2D eigenvalue weighted by Crippen LogP contribution is -2.23. The molecule has 5 nitrogen and oxygen atoms in total. The molecule has 3 aromatic rings. The lowest BCUT2D eigenvalue weighted by Gasteiger charge is -2.07. The second-order valence-electron chi connectivity index (χ2n) is 4.62. The number of anilines is 2. The smallest absolute Gasteiger partial charge is 0.251 e. The summed E-state index contributed by atoms with van der Waals surface area (Å²) >= 11 is 1.37. The number of carbonyl (C=O) groups excluding carboxylic acids is 1. The van der Waals surface area contributed by atoms with Gasteiger partial charge >= 0.3 is 0 Å². The van der Waals surface area contributed by atoms with Crippen molar-refractivity contribution in [2.45, 2.75) is 6.54 Å². The Kier molecular flexibility index (Phi) is 3.45. The average molecular weight is 298 g/mol. The summed E-state index contributed by atoms with van der Waals surface area (Å²) in [4.78, 5) is 16.3. The molecule has 21 heavy (non-hydrogen) atoms. The van der Waals surface area contributed by atoms with E-state index in [1.807, 2.05) is 24.3 Å². The summed E-state index contributed by atoms with van der Waals surface area (Å²) in [6.07, 6.45) is 0. The number of nitrogen functional groups attached to an aromatic ring is 2. The summed E-state index contributed by atoms with van der Waals surface area (Å²) in [7, 11) is 0. The minimum atomic E-state index is -0.146. The van der Waals surface area contributed by atoms with Gasteiger partial charge in [0, 0.05) is 17.8 Å². The van der Waals surface area contributed by atoms with E-state index >= 15 is 0 Å². The third-order valence-corrected chi connectivity index (χ3v) is 4.01. The van der Waals surface area contributed by atoms with Crippen molar-refractivity contribution in [2.75, 3.05) is 11.5 Å². The van der Waals surface area contributed by atoms with Gasteiger partial charge in [0.2, 0.25) is 0 Å². The zero-order chi connectivity index (χ0) is 14.8. The quantitative estimate of drug-likeness (QED) is 0.647. The predicted octanol–water partition coefficient (Wildman–Crippen LogP) is 2.39. The molecule has 0 unspecified atom stereocenters. The third kappa shape index (κ3) is 2.80. The Morgan fingerprint density at radius 3 is 2.81 bits per heavy atom. The summed E-state index contributed by atoms with van der Waals surface area (Å²) in [5, 5.41) is 3.36. The Hall–Kier alpha value is -2.60. The van der Waals surface area contributed by atoms with Gasteiger partial charge in [0.1, 0.15) is 0 Å². The first-order valence-corrected chi connectivity index (χ1v) is 7.23. The number of benzene rings is 2. The molecular formula is C15H14N4OS. The van der Waals surface area contributed by atoms with Crippen molar-refractivity contribution in [3.8, 4) is 0 Å². The summed E-state index contributed by atoms with van der Waals surface area (Å²) in [5.74, 6) is -0.146. The van der Waals surface area contributed by atoms with Gasteiger partial charge in [-0.1, -0.05) is 29.5 Å². The molecule has 0 aliphatic rings. The van der Waals surface area contributed by atoms with Crippen LogP contribution in [0.4, 0.5) is 10.8 Å². The molecule has 5 N–H and O–H groups in total. The Morgan fingerprint density at radius 2 is 2.00 bits per heavy atom. The fourth-order valence-corrected chi connectivity index (χ4v) is 2.83. The number of nitrogens with two attached hydrogens (primary N) is 2. The van der Waals surface area contributed by atoms with Crippen molar-refractivity contribution < 1.29 is 4.79 Å². The first kappa shape index (κ1) is 13.4. The summed E-state index contributed by atoms with van der Waals surface area (Å²) < 4.78 is 0.902. The Balaban J connectivity index is 1.76. The highest BCUT2D eigenvalue weighted by Crippen LogP contribution is 2.24. The van der Waals surface area contributed by atoms with Gasteiger partial charge in [0.25, 0.3) is 5.91 Å². The van der Waals surface area contributed by atoms with Crippen molar-refractivity contribution in [2.24, 2.45) is 0 Å². The van der Waals surface area contributed by atoms with Crippen molar-refractivity contribution in [1.82, 2.24) is 10.3 Å². The monoisotopic (exact) mass is 298 g/mol. The highest BCUT2D eigenvalue weighted by molar-refractivity contribution is 7.22. The molecule has 1 amide bonds. The van der Waals surface area contributed by atoms with E-state index in [0.29, 0.717) is 22.9 Å². The zero-order valence-electron chi connectivity index (χ0n) is 11.2. The van der Waals surface area contributed by atoms with Crippen LogP contribution in [0.5, 0.6) is 0 Å². The van der Waals surface area contributed by atoms with Crippen molar-refractivity contribution in [3.05, 3.63) is 53.6 Å². The number of amides is 1. The number of thiazole rings is 1. The number of rotatable bonds is 3. The number of para-hydroxylation sites is 1. The molecule has 0 spiro atoms. The van der Waals surface area contributed by atoms with Crippen LogP contribution in [-0.2, 0) is 6.54 Å². The van der Waals surface area contributed by atoms with Crippen LogP contribution in [0.15, 0.2) is 42.5 Å². The molecule has 6 heteroatoms. The Bertz CT molecular complexity index is 812. The maximum absolute atomic E-state index is 12.2. The van der Waals surface area contributed by atoms with E-state index in [2.05, 4.69) is 10.3 Å². The molecule has 1 heterocycles. The SMILES string of the molecule is Nc1nc2ccc(C(=O)NCc3ccccc3N)cc2s1. The maximum atomic E-state index is 12.2. The molecule has 0 radical (unpaired) electrons. The van der Waals surface area contributed by atoms with Gasteiger partial charge in [0.05, 0.1) is 10.2 Å². The summed E-state index contributed by atoms with van der Waals surface area (Å²) in [6, 6.07) is 12.8. The van der Waals surface area contributed by atoms with Gasteiger partial charge < -0.3 is 16.8 Å². The maximum Gasteiger partial charge on any atom is 0.251 e. The van der Waals surface area contributed by atoms with Gasteiger partial charge in [-0.3, -0.25) is 4.79 Å². The topological polar surface area (TPSA) is 94.0 Å². The number of carbonyl (C=O) groups is 1. The summed E-state index contributed by atoms with van der Waals surface area (Å²) in [5.41, 5.74) is 14.5. The van der Waals surface area contributed by atoms with Gasteiger partial charge in [-0.15, -0.1) is 0 Å². The number of hydrogen-bond donors (Lipinski definition) is 3. The fraction of sp³-hybridized carbons (Fsp3) is 0.0667. The molecule has 0 aliphatic heterocycles. The Morgan fingerprint density at radius 1 is 1.19 bits per heavy atom. The first-order valence-electron chi connectivity index (χ1n) is 6.41. The standard InChI is InChI=1S/C15H14N4OS/c16-11-4-2-1-3-10(11)8-18-14(20)9-5-6-12-13(7-9)21-15(17)19-12/h1-7H,8,16H2,(H2,17,19)(H,18,20). The molecular weight excluding hydrogens is 284 g/mol. The van der Waals surface area contributed by atoms with Crippen LogP contribution in [0, 0.1) is 0 Å². The molecule has 3 rings (SSSR count). The van der Waals surface area contributed by atoms with Crippen LogP contribution in [0.1, 0.15) is 15.9 Å². The highest BCUT2D eigenvalue weighted by Gasteiger charge is 2.09. The fourth-order valence-electron chi connectivity index (χ4n) is 2.06. The molecule has 106 valence electrons. The van der Waals surface area contributed by atoms with Gasteiger partial charge in [0.15, 0.2) is 5.13 Å². The van der Waals surface area contributed by atoms with Crippen LogP contribution in [0.2, 0.25) is 0 Å². The highest BCUT2D eigenvalue weighted by atomic mass is 32.1. The lowest BCUT2D eigenvalue weighted by atomic mass is 10.1. The zero-order valence-corrected chi connectivity index (χ0v) is 12.0. The van der Waals surface area contributed by atoms with Gasteiger partial charge in [-0.2, -0.15) is 0 Å². The molecule has 0 saturated heterocycles. The van der Waals surface area contributed by atoms with Crippen molar-refractivity contribution >= 4 is 38.3 Å². The van der Waals surface area contributed by atoms with E-state index in [1.54, 1.807) is 18.2 Å². The first-order chi connectivity index (χ1) is 10.1. The van der Waals surface area contributed by atoms with E-state index in [0.717, 1.165) is 15.8 Å². The van der Waals surface area contributed by atoms with Crippen LogP contribution >= 0.6 is 11.3 Å². The third-order valence-electron chi connectivity index (χ3n) is 3.16. The van der Waals surface area contributed by atoms with E-state index in [9.17, 15) is 4.79 Å². The second kappa shape index (κ2) is 5.41. The number of nitrogens with zero attached hydrogens (tertiary/aromatic N) is 1. The molecule has 2 aromatic carbocycles. The van der Waals surface area contributed by atoms with Crippen molar-refractivity contribution in [3.63, 3.8) is 0 Å². The molecule has 0 atom stereocenters. The van der Waals surface area contributed by atoms with E-state index < -0.39 is 0 Å². The van der Waals surface area contributed by atoms with Gasteiger partial charge in [-0.25, -0.2) is 4.98 Å². The number of hydrogen-bond acceptors (Lipinski definition) is 5. The van der Waals surface area contributed by atoms with E-state index in [4.69, 9.17) is 11.5 Å². The largest absolute Gasteiger partial charge is 0.398 e. The van der Waals surface area contributed by atoms with Crippen molar-refractivity contribution in [1.29, 1.82) is 0 Å². The van der Waals surface area contributed by atoms with Crippen LogP contribution < -0.4 is 16.8 Å². The molecule has 0 aliphatic carbocycles. The number of nitrogens with one attached hydrogen (secondary N) is 1. The van der Waals surface area contributed by atoms with Gasteiger partial charge in [-0.05, 0) is 29.8 Å².